The number of morpholine rings is 1. The van der Waals surface area contributed by atoms with E-state index in [1.54, 1.807) is 0 Å². The van der Waals surface area contributed by atoms with Crippen LogP contribution < -0.4 is 5.32 Å². The zero-order valence-electron chi connectivity index (χ0n) is 17.3. The number of rotatable bonds is 4. The van der Waals surface area contributed by atoms with Crippen molar-refractivity contribution in [1.82, 2.24) is 20.1 Å². The maximum Gasteiger partial charge on any atom is 0.214 e. The molecule has 2 fully saturated rings. The molecule has 7 nitrogen and oxygen atoms in total. The van der Waals surface area contributed by atoms with Gasteiger partial charge in [0.1, 0.15) is 5.76 Å². The van der Waals surface area contributed by atoms with Gasteiger partial charge in [-0.05, 0) is 19.4 Å². The Hall–Kier alpha value is -1.65. The number of benzene rings is 1. The van der Waals surface area contributed by atoms with Gasteiger partial charge >= 0.3 is 0 Å². The van der Waals surface area contributed by atoms with Crippen LogP contribution in [0.15, 0.2) is 39.7 Å². The van der Waals surface area contributed by atoms with E-state index in [0.717, 1.165) is 50.2 Å². The lowest BCUT2D eigenvalue weighted by Crippen LogP contribution is -2.50. The lowest BCUT2D eigenvalue weighted by Gasteiger charge is -2.36. The summed E-state index contributed by atoms with van der Waals surface area (Å²) >= 11 is 0. The van der Waals surface area contributed by atoms with E-state index in [-0.39, 0.29) is 30.1 Å². The quantitative estimate of drug-likeness (QED) is 0.387. The summed E-state index contributed by atoms with van der Waals surface area (Å²) in [6.45, 7) is 8.88. The molecule has 2 unspecified atom stereocenters. The molecular formula is C21H30IN5O2. The number of guanidine groups is 1. The summed E-state index contributed by atoms with van der Waals surface area (Å²) < 4.78 is 11.7. The van der Waals surface area contributed by atoms with Gasteiger partial charge in [0.05, 0.1) is 31.0 Å². The fourth-order valence-electron chi connectivity index (χ4n) is 4.05. The number of aliphatic imine (C=N–C) groups is 1. The molecule has 0 bridgehead atoms. The lowest BCUT2D eigenvalue weighted by molar-refractivity contribution is -0.0502. The number of halogens is 1. The molecule has 0 radical (unpaired) electrons. The van der Waals surface area contributed by atoms with Crippen molar-refractivity contribution in [2.45, 2.75) is 39.1 Å². The van der Waals surface area contributed by atoms with Crippen LogP contribution in [-0.2, 0) is 17.8 Å². The average molecular weight is 511 g/mol. The molecule has 1 aromatic carbocycles. The van der Waals surface area contributed by atoms with Crippen molar-refractivity contribution >= 4 is 29.9 Å². The van der Waals surface area contributed by atoms with Crippen molar-refractivity contribution in [3.63, 3.8) is 0 Å². The average Bonchev–Trinajstić information content (AvgIpc) is 3.27. The number of hydrogen-bond acceptors (Lipinski definition) is 5. The third-order valence-electron chi connectivity index (χ3n) is 5.63. The number of aromatic nitrogens is 1. The predicted molar refractivity (Wildman–Crippen MR) is 124 cm³/mol. The molecule has 0 amide bonds. The normalized spacial score (nSPS) is 22.3. The van der Waals surface area contributed by atoms with Crippen LogP contribution in [0.4, 0.5) is 0 Å². The van der Waals surface area contributed by atoms with E-state index >= 15 is 0 Å². The highest BCUT2D eigenvalue weighted by Gasteiger charge is 2.41. The number of fused-ring (bicyclic) bond motifs is 1. The molecule has 2 atom stereocenters. The Balaban J connectivity index is 0.00000240. The minimum Gasteiger partial charge on any atom is -0.444 e. The fourth-order valence-corrected chi connectivity index (χ4v) is 4.05. The van der Waals surface area contributed by atoms with Crippen molar-refractivity contribution < 1.29 is 9.15 Å². The molecule has 0 aliphatic carbocycles. The zero-order valence-corrected chi connectivity index (χ0v) is 19.6. The van der Waals surface area contributed by atoms with Gasteiger partial charge in [0, 0.05) is 33.2 Å². The molecule has 158 valence electrons. The molecule has 2 aromatic rings. The van der Waals surface area contributed by atoms with Crippen LogP contribution in [0.1, 0.15) is 22.9 Å². The van der Waals surface area contributed by atoms with E-state index in [0.29, 0.717) is 18.5 Å². The standard InChI is InChI=1S/C21H29N5O2.HI/c1-15-16(2)28-20(24-15)11-23-21(22-3)26-13-18-19(14-26)27-10-9-25(18)12-17-7-5-4-6-8-17;/h4-8,18-19H,9-14H2,1-3H3,(H,22,23);1H. The zero-order chi connectivity index (χ0) is 19.5. The van der Waals surface area contributed by atoms with Gasteiger partial charge in [-0.2, -0.15) is 0 Å². The van der Waals surface area contributed by atoms with Gasteiger partial charge in [0.25, 0.3) is 0 Å². The van der Waals surface area contributed by atoms with Gasteiger partial charge in [-0.25, -0.2) is 4.98 Å². The summed E-state index contributed by atoms with van der Waals surface area (Å²) in [4.78, 5) is 13.7. The van der Waals surface area contributed by atoms with E-state index in [9.17, 15) is 0 Å². The number of aryl methyl sites for hydroxylation is 2. The number of likely N-dealkylation sites (tertiary alicyclic amines) is 1. The van der Waals surface area contributed by atoms with Crippen LogP contribution >= 0.6 is 24.0 Å². The predicted octanol–water partition coefficient (Wildman–Crippen LogP) is 2.57. The highest BCUT2D eigenvalue weighted by molar-refractivity contribution is 14.0. The van der Waals surface area contributed by atoms with Crippen LogP contribution in [0.5, 0.6) is 0 Å². The monoisotopic (exact) mass is 511 g/mol. The van der Waals surface area contributed by atoms with E-state index in [1.165, 1.54) is 5.56 Å². The Morgan fingerprint density at radius 1 is 1.24 bits per heavy atom. The van der Waals surface area contributed by atoms with Crippen LogP contribution in [0.2, 0.25) is 0 Å². The van der Waals surface area contributed by atoms with E-state index < -0.39 is 0 Å². The number of nitrogens with zero attached hydrogens (tertiary/aromatic N) is 4. The third kappa shape index (κ3) is 5.10. The number of ether oxygens (including phenoxy) is 1. The Labute approximate surface area is 189 Å². The number of oxazole rings is 1. The molecule has 2 aliphatic rings. The SMILES string of the molecule is CN=C(NCc1nc(C)c(C)o1)N1CC2OCCN(Cc3ccccc3)C2C1.I. The number of nitrogens with one attached hydrogen (secondary N) is 1. The third-order valence-corrected chi connectivity index (χ3v) is 5.63. The fraction of sp³-hybridized carbons (Fsp3) is 0.524. The first-order chi connectivity index (χ1) is 13.6. The van der Waals surface area contributed by atoms with Gasteiger partial charge in [0.15, 0.2) is 5.96 Å². The van der Waals surface area contributed by atoms with E-state index in [1.807, 2.05) is 20.9 Å². The van der Waals surface area contributed by atoms with Gasteiger partial charge in [-0.3, -0.25) is 9.89 Å². The van der Waals surface area contributed by atoms with Crippen molar-refractivity contribution in [2.75, 3.05) is 33.3 Å². The number of hydrogen-bond donors (Lipinski definition) is 1. The molecule has 0 saturated carbocycles. The summed E-state index contributed by atoms with van der Waals surface area (Å²) in [6.07, 6.45) is 0.210. The second kappa shape index (κ2) is 9.90. The Kier molecular flexibility index (Phi) is 7.53. The first kappa shape index (κ1) is 22.0. The Morgan fingerprint density at radius 3 is 2.72 bits per heavy atom. The molecular weight excluding hydrogens is 481 g/mol. The minimum atomic E-state index is 0. The second-order valence-corrected chi connectivity index (χ2v) is 7.49. The van der Waals surface area contributed by atoms with Crippen molar-refractivity contribution in [2.24, 2.45) is 4.99 Å². The second-order valence-electron chi connectivity index (χ2n) is 7.49. The highest BCUT2D eigenvalue weighted by Crippen LogP contribution is 2.24. The smallest absolute Gasteiger partial charge is 0.214 e. The van der Waals surface area contributed by atoms with E-state index in [4.69, 9.17) is 9.15 Å². The minimum absolute atomic E-state index is 0. The largest absolute Gasteiger partial charge is 0.444 e. The lowest BCUT2D eigenvalue weighted by atomic mass is 10.1. The van der Waals surface area contributed by atoms with E-state index in [2.05, 4.69) is 55.4 Å². The first-order valence-electron chi connectivity index (χ1n) is 9.92. The van der Waals surface area contributed by atoms with Gasteiger partial charge in [-0.1, -0.05) is 30.3 Å². The van der Waals surface area contributed by atoms with Crippen molar-refractivity contribution in [1.29, 1.82) is 0 Å². The maximum absolute atomic E-state index is 6.08. The molecule has 0 spiro atoms. The first-order valence-corrected chi connectivity index (χ1v) is 9.92. The van der Waals surface area contributed by atoms with Crippen LogP contribution in [-0.4, -0.2) is 66.2 Å². The molecule has 29 heavy (non-hydrogen) atoms. The molecule has 4 rings (SSSR count). The van der Waals surface area contributed by atoms with Gasteiger partial charge in [-0.15, -0.1) is 24.0 Å². The summed E-state index contributed by atoms with van der Waals surface area (Å²) in [6, 6.07) is 11.0. The summed E-state index contributed by atoms with van der Waals surface area (Å²) in [5.41, 5.74) is 2.28. The summed E-state index contributed by atoms with van der Waals surface area (Å²) in [7, 11) is 1.82. The Morgan fingerprint density at radius 2 is 2.03 bits per heavy atom. The van der Waals surface area contributed by atoms with Crippen molar-refractivity contribution in [3.8, 4) is 0 Å². The van der Waals surface area contributed by atoms with Crippen LogP contribution in [0, 0.1) is 13.8 Å². The van der Waals surface area contributed by atoms with Crippen LogP contribution in [0.3, 0.4) is 0 Å². The summed E-state index contributed by atoms with van der Waals surface area (Å²) in [5, 5.41) is 3.39. The molecule has 1 aromatic heterocycles. The Bertz CT molecular complexity index is 806. The molecule has 3 heterocycles. The van der Waals surface area contributed by atoms with Crippen molar-refractivity contribution in [3.05, 3.63) is 53.2 Å². The molecule has 8 heteroatoms. The molecule has 2 aliphatic heterocycles. The van der Waals surface area contributed by atoms with Gasteiger partial charge in [0.2, 0.25) is 5.89 Å². The molecule has 2 saturated heterocycles. The van der Waals surface area contributed by atoms with Crippen LogP contribution in [0.25, 0.3) is 0 Å². The summed E-state index contributed by atoms with van der Waals surface area (Å²) in [5.74, 6) is 2.42. The van der Waals surface area contributed by atoms with Gasteiger partial charge < -0.3 is 19.4 Å². The highest BCUT2D eigenvalue weighted by atomic mass is 127. The maximum atomic E-state index is 6.08. The molecule has 1 N–H and O–H groups in total. The topological polar surface area (TPSA) is 66.1 Å².